The van der Waals surface area contributed by atoms with Gasteiger partial charge in [-0.1, -0.05) is 13.8 Å². The molecule has 0 spiro atoms. The van der Waals surface area contributed by atoms with Crippen LogP contribution in [0.25, 0.3) is 0 Å². The van der Waals surface area contributed by atoms with E-state index in [1.165, 1.54) is 44.3 Å². The Hall–Kier alpha value is -0.680. The van der Waals surface area contributed by atoms with E-state index < -0.39 is 0 Å². The van der Waals surface area contributed by atoms with Crippen LogP contribution < -0.4 is 0 Å². The third-order valence-corrected chi connectivity index (χ3v) is 7.60. The van der Waals surface area contributed by atoms with Gasteiger partial charge >= 0.3 is 0 Å². The van der Waals surface area contributed by atoms with Crippen molar-refractivity contribution < 1.29 is 0 Å². The first-order valence-electron chi connectivity index (χ1n) is 10.5. The van der Waals surface area contributed by atoms with Gasteiger partial charge in [0.05, 0.1) is 0 Å². The molecule has 1 heterocycles. The molecule has 4 bridgehead atoms. The fraction of sp³-hybridized carbons (Fsp3) is 0.900. The predicted octanol–water partition coefficient (Wildman–Crippen LogP) is 4.43. The van der Waals surface area contributed by atoms with Gasteiger partial charge in [0.25, 0.3) is 0 Å². The van der Waals surface area contributed by atoms with Crippen LogP contribution in [-0.4, -0.2) is 39.3 Å². The molecule has 1 aromatic rings. The zero-order chi connectivity index (χ0) is 17.4. The van der Waals surface area contributed by atoms with Crippen molar-refractivity contribution in [2.24, 2.45) is 23.2 Å². The van der Waals surface area contributed by atoms with Gasteiger partial charge in [-0.05, 0) is 100.0 Å². The number of hydrogen-bond donors (Lipinski definition) is 1. The van der Waals surface area contributed by atoms with Gasteiger partial charge in [0.2, 0.25) is 0 Å². The Balaban J connectivity index is 1.44. The molecule has 0 unspecified atom stereocenters. The molecule has 25 heavy (non-hydrogen) atoms. The Bertz CT molecular complexity index is 607. The molecule has 4 saturated carbocycles. The summed E-state index contributed by atoms with van der Waals surface area (Å²) >= 11 is 5.55. The van der Waals surface area contributed by atoms with Crippen molar-refractivity contribution in [3.05, 3.63) is 10.6 Å². The minimum Gasteiger partial charge on any atom is -0.304 e. The summed E-state index contributed by atoms with van der Waals surface area (Å²) in [7, 11) is 0. The molecular weight excluding hydrogens is 328 g/mol. The van der Waals surface area contributed by atoms with Gasteiger partial charge in [-0.25, -0.2) is 0 Å². The van der Waals surface area contributed by atoms with E-state index in [2.05, 4.69) is 33.5 Å². The van der Waals surface area contributed by atoms with Gasteiger partial charge in [-0.15, -0.1) is 0 Å². The molecule has 1 aromatic heterocycles. The first-order chi connectivity index (χ1) is 12.1. The van der Waals surface area contributed by atoms with E-state index in [1.54, 1.807) is 0 Å². The molecule has 5 heteroatoms. The van der Waals surface area contributed by atoms with Crippen molar-refractivity contribution in [1.29, 1.82) is 0 Å². The number of nitrogens with zero attached hydrogens (tertiary/aromatic N) is 3. The maximum Gasteiger partial charge on any atom is 0.195 e. The summed E-state index contributed by atoms with van der Waals surface area (Å²) in [6, 6.07) is 0. The summed E-state index contributed by atoms with van der Waals surface area (Å²) in [6.45, 7) is 8.90. The molecule has 4 fully saturated rings. The number of H-pyrrole nitrogens is 1. The number of aromatic nitrogens is 3. The van der Waals surface area contributed by atoms with Crippen molar-refractivity contribution in [3.8, 4) is 0 Å². The van der Waals surface area contributed by atoms with Gasteiger partial charge in [-0.2, -0.15) is 5.10 Å². The molecular formula is C20H34N4S. The van der Waals surface area contributed by atoms with Crippen molar-refractivity contribution in [2.75, 3.05) is 19.6 Å². The topological polar surface area (TPSA) is 36.9 Å². The summed E-state index contributed by atoms with van der Waals surface area (Å²) in [5.74, 6) is 4.24. The maximum atomic E-state index is 5.55. The Morgan fingerprint density at radius 1 is 1.12 bits per heavy atom. The molecule has 140 valence electrons. The van der Waals surface area contributed by atoms with E-state index in [0.717, 1.165) is 61.5 Å². The first kappa shape index (κ1) is 17.7. The predicted molar refractivity (Wildman–Crippen MR) is 104 cm³/mol. The van der Waals surface area contributed by atoms with Crippen LogP contribution in [0, 0.1) is 27.9 Å². The van der Waals surface area contributed by atoms with Crippen LogP contribution in [0.15, 0.2) is 0 Å². The van der Waals surface area contributed by atoms with Gasteiger partial charge in [-0.3, -0.25) is 5.10 Å². The fourth-order valence-electron chi connectivity index (χ4n) is 6.55. The highest BCUT2D eigenvalue weighted by molar-refractivity contribution is 7.71. The molecule has 4 nitrogen and oxygen atoms in total. The van der Waals surface area contributed by atoms with Crippen molar-refractivity contribution in [3.63, 3.8) is 0 Å². The van der Waals surface area contributed by atoms with Crippen LogP contribution in [0.1, 0.15) is 64.6 Å². The van der Waals surface area contributed by atoms with Crippen molar-refractivity contribution in [2.45, 2.75) is 71.8 Å². The van der Waals surface area contributed by atoms with E-state index in [1.807, 2.05) is 0 Å². The maximum absolute atomic E-state index is 5.55. The van der Waals surface area contributed by atoms with E-state index >= 15 is 0 Å². The quantitative estimate of drug-likeness (QED) is 0.695. The second-order valence-corrected chi connectivity index (χ2v) is 9.46. The lowest BCUT2D eigenvalue weighted by atomic mass is 9.49. The monoisotopic (exact) mass is 362 g/mol. The van der Waals surface area contributed by atoms with Crippen molar-refractivity contribution >= 4 is 12.2 Å². The van der Waals surface area contributed by atoms with E-state index in [0.29, 0.717) is 5.41 Å². The lowest BCUT2D eigenvalue weighted by Gasteiger charge is -2.56. The number of hydrogen-bond acceptors (Lipinski definition) is 3. The van der Waals surface area contributed by atoms with Gasteiger partial charge in [0.1, 0.15) is 5.82 Å². The highest BCUT2D eigenvalue weighted by atomic mass is 32.1. The minimum atomic E-state index is 0.534. The normalized spacial score (nSPS) is 33.5. The lowest BCUT2D eigenvalue weighted by Crippen LogP contribution is -2.47. The highest BCUT2D eigenvalue weighted by Crippen LogP contribution is 2.60. The van der Waals surface area contributed by atoms with Gasteiger partial charge < -0.3 is 9.47 Å². The van der Waals surface area contributed by atoms with E-state index in [-0.39, 0.29) is 0 Å². The van der Waals surface area contributed by atoms with E-state index in [4.69, 9.17) is 12.2 Å². The molecule has 0 radical (unpaired) electrons. The third-order valence-electron chi connectivity index (χ3n) is 7.29. The third kappa shape index (κ3) is 3.59. The molecule has 0 aliphatic heterocycles. The van der Waals surface area contributed by atoms with Crippen LogP contribution in [0.2, 0.25) is 0 Å². The van der Waals surface area contributed by atoms with E-state index in [9.17, 15) is 0 Å². The van der Waals surface area contributed by atoms with Crippen LogP contribution in [0.3, 0.4) is 0 Å². The average molecular weight is 363 g/mol. The largest absolute Gasteiger partial charge is 0.304 e. The number of rotatable bonds is 8. The number of aromatic amines is 1. The molecule has 1 N–H and O–H groups in total. The summed E-state index contributed by atoms with van der Waals surface area (Å²) in [5.41, 5.74) is 0.534. The first-order valence-corrected chi connectivity index (χ1v) is 10.9. The van der Waals surface area contributed by atoms with Crippen LogP contribution in [0.4, 0.5) is 0 Å². The zero-order valence-electron chi connectivity index (χ0n) is 16.0. The molecule has 0 aromatic carbocycles. The fourth-order valence-corrected chi connectivity index (χ4v) is 6.79. The molecule has 0 saturated heterocycles. The van der Waals surface area contributed by atoms with Gasteiger partial charge in [0.15, 0.2) is 4.77 Å². The Morgan fingerprint density at radius 2 is 1.72 bits per heavy atom. The van der Waals surface area contributed by atoms with Crippen LogP contribution >= 0.6 is 12.2 Å². The van der Waals surface area contributed by atoms with Crippen molar-refractivity contribution in [1.82, 2.24) is 19.7 Å². The standard InChI is InChI=1S/C20H34N4S/c1-3-23(4-2)6-5-7-24-18(21-22-19(24)25)14-20-11-15-8-16(12-20)10-17(9-15)13-20/h15-17H,3-14H2,1-2H3,(H,22,25). The molecule has 5 rings (SSSR count). The van der Waals surface area contributed by atoms with Gasteiger partial charge in [0, 0.05) is 13.0 Å². The van der Waals surface area contributed by atoms with Crippen LogP contribution in [-0.2, 0) is 13.0 Å². The Labute approximate surface area is 157 Å². The minimum absolute atomic E-state index is 0.534. The molecule has 0 atom stereocenters. The summed E-state index contributed by atoms with van der Waals surface area (Å²) in [4.78, 5) is 2.49. The molecule has 4 aliphatic carbocycles. The summed E-state index contributed by atoms with van der Waals surface area (Å²) in [6.07, 6.45) is 11.2. The molecule has 0 amide bonds. The second-order valence-electron chi connectivity index (χ2n) is 9.07. The Morgan fingerprint density at radius 3 is 2.28 bits per heavy atom. The SMILES string of the molecule is CCN(CC)CCCn1c(CC23CC4CC(CC(C4)C2)C3)n[nH]c1=S. The highest BCUT2D eigenvalue weighted by Gasteiger charge is 2.51. The van der Waals surface area contributed by atoms with Crippen LogP contribution in [0.5, 0.6) is 0 Å². The molecule has 4 aliphatic rings. The summed E-state index contributed by atoms with van der Waals surface area (Å²) in [5, 5.41) is 7.75. The Kier molecular flexibility index (Phi) is 5.07. The average Bonchev–Trinajstić information content (AvgIpc) is 2.90. The summed E-state index contributed by atoms with van der Waals surface area (Å²) < 4.78 is 3.12. The smallest absolute Gasteiger partial charge is 0.195 e. The zero-order valence-corrected chi connectivity index (χ0v) is 16.8. The second kappa shape index (κ2) is 7.15. The number of nitrogens with one attached hydrogen (secondary N) is 1. The lowest BCUT2D eigenvalue weighted by molar-refractivity contribution is -0.0536.